The number of rotatable bonds is 11. The van der Waals surface area contributed by atoms with E-state index < -0.39 is 66.8 Å². The minimum absolute atomic E-state index is 0.380. The number of carbonyl (C=O) groups excluding carboxylic acids is 4. The molecule has 154 valence electrons. The van der Waals surface area contributed by atoms with Gasteiger partial charge in [0.2, 0.25) is 23.6 Å². The Morgan fingerprint density at radius 1 is 0.926 bits per heavy atom. The second kappa shape index (κ2) is 11.1. The first-order valence-corrected chi connectivity index (χ1v) is 8.19. The quantitative estimate of drug-likeness (QED) is 0.187. The van der Waals surface area contributed by atoms with Gasteiger partial charge >= 0.3 is 5.97 Å². The summed E-state index contributed by atoms with van der Waals surface area (Å²) in [5, 5.41) is 24.5. The van der Waals surface area contributed by atoms with Crippen molar-refractivity contribution in [2.75, 3.05) is 6.61 Å². The first-order chi connectivity index (χ1) is 12.4. The monoisotopic (exact) mass is 389 g/mol. The second-order valence-electron chi connectivity index (χ2n) is 6.32. The summed E-state index contributed by atoms with van der Waals surface area (Å²) in [4.78, 5) is 57.9. The summed E-state index contributed by atoms with van der Waals surface area (Å²) in [5.41, 5.74) is 10.5. The van der Waals surface area contributed by atoms with Gasteiger partial charge in [-0.05, 0) is 12.8 Å². The van der Waals surface area contributed by atoms with Crippen molar-refractivity contribution in [2.45, 2.75) is 51.4 Å². The lowest BCUT2D eigenvalue weighted by Gasteiger charge is -2.25. The fraction of sp³-hybridized carbons (Fsp3) is 0.667. The van der Waals surface area contributed by atoms with Crippen LogP contribution in [0.4, 0.5) is 0 Å². The molecule has 0 saturated carbocycles. The number of nitrogens with one attached hydrogen (secondary N) is 3. The average Bonchev–Trinajstić information content (AvgIpc) is 2.55. The summed E-state index contributed by atoms with van der Waals surface area (Å²) < 4.78 is 0. The standard InChI is InChI=1S/C15H27N5O7/c1-6(2)11(20-13(24)8(16)4-10(17)22)14(25)18-7(3)12(23)19-9(5-21)15(26)27/h6-9,11,21H,4-5,16H2,1-3H3,(H2,17,22)(H,18,25)(H,19,23)(H,20,24)(H,26,27). The third-order valence-corrected chi connectivity index (χ3v) is 3.55. The van der Waals surface area contributed by atoms with Gasteiger partial charge in [-0.2, -0.15) is 0 Å². The van der Waals surface area contributed by atoms with Crippen molar-refractivity contribution in [1.82, 2.24) is 16.0 Å². The summed E-state index contributed by atoms with van der Waals surface area (Å²) in [5.74, 6) is -4.88. The van der Waals surface area contributed by atoms with Gasteiger partial charge < -0.3 is 37.6 Å². The smallest absolute Gasteiger partial charge is 0.328 e. The summed E-state index contributed by atoms with van der Waals surface area (Å²) in [7, 11) is 0. The predicted octanol–water partition coefficient (Wildman–Crippen LogP) is -3.60. The summed E-state index contributed by atoms with van der Waals surface area (Å²) in [6, 6.07) is -4.93. The number of carboxylic acids is 1. The van der Waals surface area contributed by atoms with Crippen LogP contribution in [-0.2, 0) is 24.0 Å². The van der Waals surface area contributed by atoms with Crippen LogP contribution in [0.15, 0.2) is 0 Å². The molecule has 0 saturated heterocycles. The van der Waals surface area contributed by atoms with Crippen LogP contribution in [0.3, 0.4) is 0 Å². The molecule has 27 heavy (non-hydrogen) atoms. The molecule has 0 radical (unpaired) electrons. The molecule has 12 nitrogen and oxygen atoms in total. The lowest BCUT2D eigenvalue weighted by atomic mass is 10.0. The number of aliphatic carboxylic acids is 1. The van der Waals surface area contributed by atoms with Crippen LogP contribution in [0.1, 0.15) is 27.2 Å². The number of aliphatic hydroxyl groups is 1. The molecule has 0 aromatic heterocycles. The Balaban J connectivity index is 4.92. The lowest BCUT2D eigenvalue weighted by molar-refractivity contribution is -0.143. The van der Waals surface area contributed by atoms with E-state index in [0.29, 0.717) is 0 Å². The van der Waals surface area contributed by atoms with Gasteiger partial charge in [0.05, 0.1) is 19.1 Å². The van der Waals surface area contributed by atoms with Crippen LogP contribution in [-0.4, -0.2) is 70.6 Å². The van der Waals surface area contributed by atoms with Gasteiger partial charge in [-0.1, -0.05) is 13.8 Å². The van der Waals surface area contributed by atoms with Crippen molar-refractivity contribution in [3.63, 3.8) is 0 Å². The summed E-state index contributed by atoms with van der Waals surface area (Å²) >= 11 is 0. The van der Waals surface area contributed by atoms with Gasteiger partial charge in [0, 0.05) is 0 Å². The van der Waals surface area contributed by atoms with Crippen LogP contribution >= 0.6 is 0 Å². The van der Waals surface area contributed by atoms with Gasteiger partial charge in [-0.25, -0.2) is 4.79 Å². The molecule has 0 rings (SSSR count). The van der Waals surface area contributed by atoms with Crippen molar-refractivity contribution in [1.29, 1.82) is 0 Å². The first-order valence-electron chi connectivity index (χ1n) is 8.19. The van der Waals surface area contributed by atoms with E-state index in [-0.39, 0.29) is 5.92 Å². The highest BCUT2D eigenvalue weighted by Crippen LogP contribution is 2.04. The van der Waals surface area contributed by atoms with E-state index in [2.05, 4.69) is 16.0 Å². The van der Waals surface area contributed by atoms with Crippen molar-refractivity contribution in [3.05, 3.63) is 0 Å². The molecule has 4 unspecified atom stereocenters. The van der Waals surface area contributed by atoms with Crippen LogP contribution < -0.4 is 27.4 Å². The number of hydrogen-bond acceptors (Lipinski definition) is 7. The maximum Gasteiger partial charge on any atom is 0.328 e. The maximum absolute atomic E-state index is 12.4. The first kappa shape index (κ1) is 24.3. The third kappa shape index (κ3) is 8.46. The van der Waals surface area contributed by atoms with Crippen molar-refractivity contribution < 1.29 is 34.2 Å². The zero-order chi connectivity index (χ0) is 21.3. The topological polar surface area (TPSA) is 214 Å². The van der Waals surface area contributed by atoms with Crippen molar-refractivity contribution in [3.8, 4) is 0 Å². The largest absolute Gasteiger partial charge is 0.480 e. The molecular formula is C15H27N5O7. The number of carboxylic acid groups (broad SMARTS) is 1. The average molecular weight is 389 g/mol. The molecule has 0 fully saturated rings. The van der Waals surface area contributed by atoms with E-state index >= 15 is 0 Å². The Morgan fingerprint density at radius 2 is 1.48 bits per heavy atom. The van der Waals surface area contributed by atoms with E-state index in [1.54, 1.807) is 13.8 Å². The van der Waals surface area contributed by atoms with Crippen molar-refractivity contribution >= 4 is 29.6 Å². The second-order valence-corrected chi connectivity index (χ2v) is 6.32. The van der Waals surface area contributed by atoms with E-state index in [4.69, 9.17) is 21.7 Å². The maximum atomic E-state index is 12.4. The Morgan fingerprint density at radius 3 is 1.89 bits per heavy atom. The number of nitrogens with two attached hydrogens (primary N) is 2. The number of aliphatic hydroxyl groups excluding tert-OH is 1. The summed E-state index contributed by atoms with van der Waals surface area (Å²) in [6.45, 7) is 3.77. The van der Waals surface area contributed by atoms with E-state index in [9.17, 15) is 24.0 Å². The Hall–Kier alpha value is -2.73. The molecule has 0 aromatic carbocycles. The Kier molecular flexibility index (Phi) is 9.96. The van der Waals surface area contributed by atoms with Gasteiger partial charge in [0.1, 0.15) is 18.1 Å². The molecule has 0 aliphatic heterocycles. The van der Waals surface area contributed by atoms with Gasteiger partial charge in [-0.3, -0.25) is 19.2 Å². The SMILES string of the molecule is CC(NC(=O)C(NC(=O)C(N)CC(N)=O)C(C)C)C(=O)NC(CO)C(=O)O. The minimum atomic E-state index is -1.51. The normalized spacial score (nSPS) is 15.2. The third-order valence-electron chi connectivity index (χ3n) is 3.55. The molecule has 0 aromatic rings. The molecule has 0 bridgehead atoms. The van der Waals surface area contributed by atoms with E-state index in [1.165, 1.54) is 6.92 Å². The zero-order valence-corrected chi connectivity index (χ0v) is 15.4. The van der Waals surface area contributed by atoms with Crippen molar-refractivity contribution in [2.24, 2.45) is 17.4 Å². The van der Waals surface area contributed by atoms with Crippen LogP contribution in [0.5, 0.6) is 0 Å². The molecule has 9 N–H and O–H groups in total. The van der Waals surface area contributed by atoms with Gasteiger partial charge in [-0.15, -0.1) is 0 Å². The Bertz CT molecular complexity index is 581. The molecular weight excluding hydrogens is 362 g/mol. The number of primary amides is 1. The molecule has 4 amide bonds. The van der Waals surface area contributed by atoms with Crippen LogP contribution in [0, 0.1) is 5.92 Å². The van der Waals surface area contributed by atoms with Crippen LogP contribution in [0.2, 0.25) is 0 Å². The number of carbonyl (C=O) groups is 5. The summed E-state index contributed by atoms with van der Waals surface area (Å²) in [6.07, 6.45) is -0.394. The van der Waals surface area contributed by atoms with E-state index in [1.807, 2.05) is 0 Å². The molecule has 12 heteroatoms. The predicted molar refractivity (Wildman–Crippen MR) is 92.8 cm³/mol. The number of amides is 4. The highest BCUT2D eigenvalue weighted by atomic mass is 16.4. The highest BCUT2D eigenvalue weighted by Gasteiger charge is 2.30. The molecule has 0 aliphatic carbocycles. The van der Waals surface area contributed by atoms with Crippen LogP contribution in [0.25, 0.3) is 0 Å². The minimum Gasteiger partial charge on any atom is -0.480 e. The zero-order valence-electron chi connectivity index (χ0n) is 15.4. The fourth-order valence-corrected chi connectivity index (χ4v) is 1.96. The lowest BCUT2D eigenvalue weighted by Crippen LogP contribution is -2.58. The number of hydrogen-bond donors (Lipinski definition) is 7. The molecule has 0 aliphatic rings. The molecule has 0 spiro atoms. The molecule has 0 heterocycles. The van der Waals surface area contributed by atoms with Gasteiger partial charge in [0.15, 0.2) is 0 Å². The fourth-order valence-electron chi connectivity index (χ4n) is 1.96. The van der Waals surface area contributed by atoms with Gasteiger partial charge in [0.25, 0.3) is 0 Å². The highest BCUT2D eigenvalue weighted by molar-refractivity contribution is 5.94. The van der Waals surface area contributed by atoms with E-state index in [0.717, 1.165) is 0 Å². The Labute approximate surface area is 156 Å². The molecule has 4 atom stereocenters.